The second-order valence-corrected chi connectivity index (χ2v) is 16.8. The summed E-state index contributed by atoms with van der Waals surface area (Å²) >= 11 is 4.55. The fraction of sp³-hybridized carbons (Fsp3) is 0.683. The molecule has 0 saturated heterocycles. The molecule has 2 rings (SSSR count). The van der Waals surface area contributed by atoms with Gasteiger partial charge in [0.2, 0.25) is 0 Å². The number of nitrogens with one attached hydrogen (secondary N) is 1. The summed E-state index contributed by atoms with van der Waals surface area (Å²) in [5.41, 5.74) is 3.32. The van der Waals surface area contributed by atoms with Crippen LogP contribution in [0, 0.1) is 33.0 Å². The minimum atomic E-state index is -0.299. The third-order valence-corrected chi connectivity index (χ3v) is 12.6. The van der Waals surface area contributed by atoms with Gasteiger partial charge in [0, 0.05) is 23.9 Å². The van der Waals surface area contributed by atoms with Crippen molar-refractivity contribution < 1.29 is 4.74 Å². The fourth-order valence-electron chi connectivity index (χ4n) is 7.31. The van der Waals surface area contributed by atoms with E-state index < -0.39 is 0 Å². The van der Waals surface area contributed by atoms with Crippen LogP contribution < -0.4 is 5.32 Å². The smallest absolute Gasteiger partial charge is 0.0957 e. The van der Waals surface area contributed by atoms with E-state index in [1.165, 1.54) is 30.4 Å². The van der Waals surface area contributed by atoms with Gasteiger partial charge in [0.05, 0.1) is 18.1 Å². The van der Waals surface area contributed by atoms with Gasteiger partial charge in [0.25, 0.3) is 0 Å². The van der Waals surface area contributed by atoms with Gasteiger partial charge in [-0.3, -0.25) is 4.98 Å². The van der Waals surface area contributed by atoms with Crippen molar-refractivity contribution in [3.8, 4) is 0 Å². The highest BCUT2D eigenvalue weighted by molar-refractivity contribution is 7.79. The quantitative estimate of drug-likeness (QED) is 0.0914. The molecule has 2 aromatic rings. The minimum Gasteiger partial charge on any atom is -0.498 e. The second kappa shape index (κ2) is 16.4. The first kappa shape index (κ1) is 39.4. The third kappa shape index (κ3) is 9.40. The Morgan fingerprint density at radius 2 is 1.58 bits per heavy atom. The van der Waals surface area contributed by atoms with E-state index in [4.69, 9.17) is 4.74 Å². The number of thiol groups is 1. The maximum absolute atomic E-state index is 6.61. The van der Waals surface area contributed by atoms with Crippen LogP contribution in [0.4, 0.5) is 0 Å². The first-order valence-corrected chi connectivity index (χ1v) is 18.1. The molecule has 0 radical (unpaired) electrons. The highest BCUT2D eigenvalue weighted by Gasteiger charge is 2.60. The minimum absolute atomic E-state index is 0.0769. The van der Waals surface area contributed by atoms with E-state index in [0.29, 0.717) is 18.4 Å². The molecule has 3 unspecified atom stereocenters. The molecule has 4 heteroatoms. The van der Waals surface area contributed by atoms with Crippen LogP contribution in [0.2, 0.25) is 0 Å². The van der Waals surface area contributed by atoms with Crippen molar-refractivity contribution in [1.82, 2.24) is 10.3 Å². The number of allylic oxidation sites excluding steroid dienone is 1. The molecule has 0 bridgehead atoms. The number of nitrogens with zero attached hydrogens (tertiary/aromatic N) is 1. The Kier molecular flexibility index (Phi) is 14.3. The van der Waals surface area contributed by atoms with Crippen LogP contribution >= 0.6 is 12.6 Å². The molecule has 0 saturated carbocycles. The van der Waals surface area contributed by atoms with Gasteiger partial charge in [0.15, 0.2) is 0 Å². The van der Waals surface area contributed by atoms with Crippen molar-refractivity contribution in [2.75, 3.05) is 13.2 Å². The number of benzene rings is 1. The van der Waals surface area contributed by atoms with Crippen molar-refractivity contribution in [2.45, 2.75) is 133 Å². The summed E-state index contributed by atoms with van der Waals surface area (Å²) in [7, 11) is 0. The van der Waals surface area contributed by atoms with E-state index in [0.717, 1.165) is 43.1 Å². The molecule has 0 spiro atoms. The standard InChI is InChI=1S/C41H68N2OS/c1-14-15-19-31(2)38(7,8)28-36(34-23-21-33(30-45)22-24-34)39(9,10)40(11,12)41(13,37(4,5)6)32(3)44-27-18-25-42-29-35-20-16-17-26-43-35/h16-17,20-24,26,31,36,42,45H,3,14-15,18-19,25,27-30H2,1-2,4-13H3. The van der Waals surface area contributed by atoms with E-state index in [-0.39, 0.29) is 27.1 Å². The molecule has 3 atom stereocenters. The summed E-state index contributed by atoms with van der Waals surface area (Å²) in [6, 6.07) is 15.3. The van der Waals surface area contributed by atoms with Gasteiger partial charge < -0.3 is 10.1 Å². The van der Waals surface area contributed by atoms with Crippen LogP contribution in [0.5, 0.6) is 0 Å². The Morgan fingerprint density at radius 3 is 2.11 bits per heavy atom. The fourth-order valence-corrected chi connectivity index (χ4v) is 7.52. The highest BCUT2D eigenvalue weighted by Crippen LogP contribution is 2.66. The van der Waals surface area contributed by atoms with Gasteiger partial charge in [-0.05, 0) is 76.1 Å². The summed E-state index contributed by atoms with van der Waals surface area (Å²) in [4.78, 5) is 4.41. The molecule has 254 valence electrons. The predicted octanol–water partition coefficient (Wildman–Crippen LogP) is 11.7. The molecule has 1 heterocycles. The van der Waals surface area contributed by atoms with Gasteiger partial charge in [0.1, 0.15) is 0 Å². The molecular weight excluding hydrogens is 569 g/mol. The van der Waals surface area contributed by atoms with Crippen LogP contribution in [-0.2, 0) is 17.0 Å². The van der Waals surface area contributed by atoms with E-state index >= 15 is 0 Å². The van der Waals surface area contributed by atoms with Crippen LogP contribution in [0.3, 0.4) is 0 Å². The third-order valence-electron chi connectivity index (χ3n) is 12.2. The van der Waals surface area contributed by atoms with Gasteiger partial charge in [-0.1, -0.05) is 139 Å². The summed E-state index contributed by atoms with van der Waals surface area (Å²) in [5.74, 6) is 2.66. The molecule has 0 amide bonds. The summed E-state index contributed by atoms with van der Waals surface area (Å²) in [5, 5.41) is 3.51. The van der Waals surface area contributed by atoms with Crippen molar-refractivity contribution in [2.24, 2.45) is 33.0 Å². The number of hydrogen-bond acceptors (Lipinski definition) is 4. The summed E-state index contributed by atoms with van der Waals surface area (Å²) < 4.78 is 6.61. The van der Waals surface area contributed by atoms with Crippen LogP contribution in [0.15, 0.2) is 61.0 Å². The number of hydrogen-bond donors (Lipinski definition) is 2. The normalized spacial score (nSPS) is 15.8. The first-order valence-electron chi connectivity index (χ1n) is 17.5. The van der Waals surface area contributed by atoms with E-state index in [1.54, 1.807) is 0 Å². The molecule has 45 heavy (non-hydrogen) atoms. The zero-order valence-electron chi connectivity index (χ0n) is 31.1. The van der Waals surface area contributed by atoms with Gasteiger partial charge in [-0.2, -0.15) is 12.6 Å². The molecule has 3 nitrogen and oxygen atoms in total. The lowest BCUT2D eigenvalue weighted by molar-refractivity contribution is -0.118. The van der Waals surface area contributed by atoms with Gasteiger partial charge in [-0.25, -0.2) is 0 Å². The van der Waals surface area contributed by atoms with Crippen LogP contribution in [0.25, 0.3) is 0 Å². The van der Waals surface area contributed by atoms with E-state index in [1.807, 2.05) is 18.3 Å². The van der Waals surface area contributed by atoms with Crippen LogP contribution in [0.1, 0.15) is 138 Å². The average Bonchev–Trinajstić information content (AvgIpc) is 2.99. The molecule has 0 aliphatic rings. The number of unbranched alkanes of at least 4 members (excludes halogenated alkanes) is 1. The summed E-state index contributed by atoms with van der Waals surface area (Å²) in [6.07, 6.45) is 7.71. The zero-order chi connectivity index (χ0) is 34.1. The lowest BCUT2D eigenvalue weighted by atomic mass is 9.43. The Morgan fingerprint density at radius 1 is 0.933 bits per heavy atom. The van der Waals surface area contributed by atoms with Crippen molar-refractivity contribution in [3.05, 3.63) is 77.8 Å². The average molecular weight is 637 g/mol. The van der Waals surface area contributed by atoms with Crippen LogP contribution in [-0.4, -0.2) is 18.1 Å². The largest absolute Gasteiger partial charge is 0.498 e. The van der Waals surface area contributed by atoms with Gasteiger partial charge in [-0.15, -0.1) is 0 Å². The zero-order valence-corrected chi connectivity index (χ0v) is 32.0. The predicted molar refractivity (Wildman–Crippen MR) is 200 cm³/mol. The van der Waals surface area contributed by atoms with Crippen molar-refractivity contribution in [3.63, 3.8) is 0 Å². The molecule has 0 fully saturated rings. The number of pyridine rings is 1. The molecule has 0 aliphatic heterocycles. The second-order valence-electron chi connectivity index (χ2n) is 16.5. The molecule has 1 N–H and O–H groups in total. The molecule has 1 aromatic carbocycles. The Bertz CT molecular complexity index is 1160. The molecular formula is C41H68N2OS. The maximum atomic E-state index is 6.61. The Labute approximate surface area is 284 Å². The van der Waals surface area contributed by atoms with E-state index in [2.05, 4.69) is 143 Å². The topological polar surface area (TPSA) is 34.1 Å². The van der Waals surface area contributed by atoms with Crippen molar-refractivity contribution in [1.29, 1.82) is 0 Å². The number of aromatic nitrogens is 1. The number of ether oxygens (including phenoxy) is 1. The van der Waals surface area contributed by atoms with E-state index in [9.17, 15) is 0 Å². The number of rotatable bonds is 19. The lowest BCUT2D eigenvalue weighted by Gasteiger charge is -2.62. The SMILES string of the molecule is C=C(OCCCNCc1ccccn1)C(C)(C(C)(C)C)C(C)(C)C(C)(C)C(CC(C)(C)C(C)CCCC)c1ccc(CS)cc1. The van der Waals surface area contributed by atoms with Crippen molar-refractivity contribution >= 4 is 12.6 Å². The summed E-state index contributed by atoms with van der Waals surface area (Å²) in [6.45, 7) is 36.2. The molecule has 1 aromatic heterocycles. The molecule has 0 aliphatic carbocycles. The lowest BCUT2D eigenvalue weighted by Crippen LogP contribution is -2.56. The first-order chi connectivity index (χ1) is 20.9. The Hall–Kier alpha value is -1.78. The monoisotopic (exact) mass is 637 g/mol. The Balaban J connectivity index is 2.39. The maximum Gasteiger partial charge on any atom is 0.0957 e. The highest BCUT2D eigenvalue weighted by atomic mass is 32.1. The van der Waals surface area contributed by atoms with Gasteiger partial charge >= 0.3 is 0 Å².